The molecule has 1 atom stereocenters. The van der Waals surface area contributed by atoms with Crippen molar-refractivity contribution in [2.24, 2.45) is 5.92 Å². The maximum Gasteiger partial charge on any atom is 0.322 e. The van der Waals surface area contributed by atoms with E-state index in [1.54, 1.807) is 0 Å². The van der Waals surface area contributed by atoms with E-state index in [0.29, 0.717) is 5.95 Å². The van der Waals surface area contributed by atoms with E-state index in [1.807, 2.05) is 27.7 Å². The lowest BCUT2D eigenvalue weighted by Gasteiger charge is -2.20. The minimum Gasteiger partial charge on any atom is -0.461 e. The molecule has 0 unspecified atom stereocenters. The minimum atomic E-state index is -0.143. The Morgan fingerprint density at radius 3 is 2.39 bits per heavy atom. The number of rotatable bonds is 6. The number of anilines is 1. The number of aliphatic hydroxyl groups excluding tert-OH is 1. The van der Waals surface area contributed by atoms with Crippen molar-refractivity contribution < 1.29 is 9.84 Å². The molecular weight excluding hydrogens is 256 g/mol. The molecule has 0 fully saturated rings. The zero-order chi connectivity index (χ0) is 13.7. The number of ether oxygens (including phenoxy) is 1. The maximum absolute atomic E-state index is 9.24. The van der Waals surface area contributed by atoms with Crippen molar-refractivity contribution in [2.45, 2.75) is 39.8 Å². The fourth-order valence-electron chi connectivity index (χ4n) is 1.25. The van der Waals surface area contributed by atoms with E-state index in [2.05, 4.69) is 20.3 Å². The van der Waals surface area contributed by atoms with Crippen LogP contribution in [0, 0.1) is 5.92 Å². The molecule has 0 bridgehead atoms. The van der Waals surface area contributed by atoms with Gasteiger partial charge in [0.25, 0.3) is 0 Å². The molecule has 0 aliphatic carbocycles. The molecule has 0 saturated carbocycles. The molecule has 0 aliphatic rings. The van der Waals surface area contributed by atoms with Crippen molar-refractivity contribution in [3.05, 3.63) is 5.28 Å². The molecule has 1 aromatic heterocycles. The van der Waals surface area contributed by atoms with Crippen molar-refractivity contribution in [2.75, 3.05) is 11.9 Å². The fourth-order valence-corrected chi connectivity index (χ4v) is 1.40. The van der Waals surface area contributed by atoms with Crippen molar-refractivity contribution in [1.82, 2.24) is 15.0 Å². The van der Waals surface area contributed by atoms with Gasteiger partial charge in [-0.2, -0.15) is 15.0 Å². The van der Waals surface area contributed by atoms with Crippen LogP contribution in [0.25, 0.3) is 0 Å². The predicted octanol–water partition coefficient (Wildman–Crippen LogP) is 1.74. The van der Waals surface area contributed by atoms with Gasteiger partial charge in [0, 0.05) is 0 Å². The first-order valence-corrected chi connectivity index (χ1v) is 6.25. The Hall–Kier alpha value is -1.14. The molecule has 1 heterocycles. The average molecular weight is 275 g/mol. The summed E-state index contributed by atoms with van der Waals surface area (Å²) in [6.45, 7) is 7.71. The Balaban J connectivity index is 2.85. The number of nitrogens with one attached hydrogen (secondary N) is 1. The molecule has 6 nitrogen and oxygen atoms in total. The van der Waals surface area contributed by atoms with E-state index in [4.69, 9.17) is 16.3 Å². The average Bonchev–Trinajstić information content (AvgIpc) is 2.23. The van der Waals surface area contributed by atoms with Crippen LogP contribution in [0.5, 0.6) is 6.01 Å². The Morgan fingerprint density at radius 2 is 1.89 bits per heavy atom. The second-order valence-electron chi connectivity index (χ2n) is 4.55. The van der Waals surface area contributed by atoms with Gasteiger partial charge in [0.05, 0.1) is 18.8 Å². The molecule has 0 aromatic carbocycles. The van der Waals surface area contributed by atoms with Gasteiger partial charge in [-0.05, 0) is 31.4 Å². The van der Waals surface area contributed by atoms with Crippen LogP contribution >= 0.6 is 11.6 Å². The van der Waals surface area contributed by atoms with Crippen LogP contribution in [-0.4, -0.2) is 38.8 Å². The summed E-state index contributed by atoms with van der Waals surface area (Å²) < 4.78 is 5.36. The molecule has 7 heteroatoms. The van der Waals surface area contributed by atoms with Gasteiger partial charge in [-0.1, -0.05) is 13.8 Å². The van der Waals surface area contributed by atoms with Crippen molar-refractivity contribution in [3.63, 3.8) is 0 Å². The number of hydrogen-bond acceptors (Lipinski definition) is 6. The van der Waals surface area contributed by atoms with Crippen LogP contribution in [0.4, 0.5) is 5.95 Å². The Morgan fingerprint density at radius 1 is 1.22 bits per heavy atom. The smallest absolute Gasteiger partial charge is 0.322 e. The summed E-state index contributed by atoms with van der Waals surface area (Å²) in [5, 5.41) is 12.3. The van der Waals surface area contributed by atoms with E-state index in [9.17, 15) is 5.11 Å². The molecule has 0 radical (unpaired) electrons. The lowest BCUT2D eigenvalue weighted by molar-refractivity contribution is 0.221. The number of hydrogen-bond donors (Lipinski definition) is 2. The van der Waals surface area contributed by atoms with E-state index < -0.39 is 0 Å². The summed E-state index contributed by atoms with van der Waals surface area (Å²) in [5.74, 6) is 0.540. The molecule has 0 saturated heterocycles. The first-order valence-electron chi connectivity index (χ1n) is 5.88. The van der Waals surface area contributed by atoms with Crippen LogP contribution in [-0.2, 0) is 0 Å². The summed E-state index contributed by atoms with van der Waals surface area (Å²) in [4.78, 5) is 11.9. The van der Waals surface area contributed by atoms with Crippen LogP contribution in [0.1, 0.15) is 27.7 Å². The molecule has 0 aliphatic heterocycles. The Labute approximate surface area is 112 Å². The summed E-state index contributed by atoms with van der Waals surface area (Å²) in [6.07, 6.45) is -0.0462. The molecule has 0 amide bonds. The number of nitrogens with zero attached hydrogens (tertiary/aromatic N) is 3. The Kier molecular flexibility index (Phi) is 5.55. The molecule has 1 aromatic rings. The Bertz CT molecular complexity index is 387. The van der Waals surface area contributed by atoms with Gasteiger partial charge in [0.2, 0.25) is 11.2 Å². The summed E-state index contributed by atoms with van der Waals surface area (Å²) in [7, 11) is 0. The topological polar surface area (TPSA) is 80.2 Å². The van der Waals surface area contributed by atoms with Crippen molar-refractivity contribution >= 4 is 17.5 Å². The lowest BCUT2D eigenvalue weighted by Crippen LogP contribution is -2.30. The van der Waals surface area contributed by atoms with E-state index in [-0.39, 0.29) is 36.0 Å². The van der Waals surface area contributed by atoms with E-state index >= 15 is 0 Å². The summed E-state index contributed by atoms with van der Waals surface area (Å²) in [6, 6.07) is 0.0308. The molecule has 1 rings (SSSR count). The van der Waals surface area contributed by atoms with Gasteiger partial charge >= 0.3 is 6.01 Å². The molecule has 18 heavy (non-hydrogen) atoms. The predicted molar refractivity (Wildman–Crippen MR) is 69.9 cm³/mol. The lowest BCUT2D eigenvalue weighted by atomic mass is 10.1. The van der Waals surface area contributed by atoms with E-state index in [1.165, 1.54) is 0 Å². The maximum atomic E-state index is 9.24. The van der Waals surface area contributed by atoms with E-state index in [0.717, 1.165) is 0 Å². The molecular formula is C11H19ClN4O2. The zero-order valence-corrected chi connectivity index (χ0v) is 11.8. The summed E-state index contributed by atoms with van der Waals surface area (Å²) in [5.41, 5.74) is 0. The summed E-state index contributed by atoms with van der Waals surface area (Å²) >= 11 is 5.79. The van der Waals surface area contributed by atoms with Gasteiger partial charge in [-0.25, -0.2) is 0 Å². The van der Waals surface area contributed by atoms with Crippen molar-refractivity contribution in [3.8, 4) is 6.01 Å². The van der Waals surface area contributed by atoms with Crippen LogP contribution in [0.15, 0.2) is 0 Å². The third-order valence-corrected chi connectivity index (χ3v) is 2.41. The van der Waals surface area contributed by atoms with Crippen LogP contribution in [0.3, 0.4) is 0 Å². The molecule has 2 N–H and O–H groups in total. The standard InChI is InChI=1S/C11H19ClN4O2/c1-6(2)8(5-17)13-10-14-9(12)15-11(16-10)18-7(3)4/h6-8,17H,5H2,1-4H3,(H,13,14,15,16)/t8-/m1/s1. The third-order valence-electron chi connectivity index (χ3n) is 2.24. The fraction of sp³-hybridized carbons (Fsp3) is 0.727. The minimum absolute atomic E-state index is 0.0126. The first kappa shape index (κ1) is 14.9. The first-order chi connectivity index (χ1) is 8.42. The van der Waals surface area contributed by atoms with Gasteiger partial charge in [0.1, 0.15) is 0 Å². The number of aliphatic hydroxyl groups is 1. The highest BCUT2D eigenvalue weighted by Crippen LogP contribution is 2.15. The molecule has 0 spiro atoms. The van der Waals surface area contributed by atoms with Crippen LogP contribution in [0.2, 0.25) is 5.28 Å². The normalized spacial score (nSPS) is 12.9. The number of halogens is 1. The van der Waals surface area contributed by atoms with Gasteiger partial charge in [-0.3, -0.25) is 0 Å². The molecule has 102 valence electrons. The highest BCUT2D eigenvalue weighted by atomic mass is 35.5. The van der Waals surface area contributed by atoms with Crippen LogP contribution < -0.4 is 10.1 Å². The second-order valence-corrected chi connectivity index (χ2v) is 4.89. The third kappa shape index (κ3) is 4.62. The van der Waals surface area contributed by atoms with Gasteiger partial charge in [-0.15, -0.1) is 0 Å². The van der Waals surface area contributed by atoms with Crippen molar-refractivity contribution in [1.29, 1.82) is 0 Å². The monoisotopic (exact) mass is 274 g/mol. The highest BCUT2D eigenvalue weighted by Gasteiger charge is 2.15. The highest BCUT2D eigenvalue weighted by molar-refractivity contribution is 6.28. The zero-order valence-electron chi connectivity index (χ0n) is 11.0. The van der Waals surface area contributed by atoms with Gasteiger partial charge < -0.3 is 15.2 Å². The SMILES string of the molecule is CC(C)Oc1nc(Cl)nc(N[C@H](CO)C(C)C)n1. The van der Waals surface area contributed by atoms with Gasteiger partial charge in [0.15, 0.2) is 0 Å². The second kappa shape index (κ2) is 6.70. The number of aromatic nitrogens is 3. The quantitative estimate of drug-likeness (QED) is 0.822. The largest absolute Gasteiger partial charge is 0.461 e.